The minimum atomic E-state index is 0. The molecule has 8 heteroatoms. The maximum atomic E-state index is 5.64. The molecule has 1 aromatic carbocycles. The summed E-state index contributed by atoms with van der Waals surface area (Å²) in [5.74, 6) is 2.39. The van der Waals surface area contributed by atoms with Crippen LogP contribution in [-0.4, -0.2) is 50.2 Å². The molecule has 2 aromatic rings. The second-order valence-electron chi connectivity index (χ2n) is 4.98. The summed E-state index contributed by atoms with van der Waals surface area (Å²) >= 11 is 0. The van der Waals surface area contributed by atoms with Crippen molar-refractivity contribution in [2.75, 3.05) is 33.9 Å². The summed E-state index contributed by atoms with van der Waals surface area (Å²) in [6, 6.07) is 5.51. The van der Waals surface area contributed by atoms with Crippen molar-refractivity contribution in [3.05, 3.63) is 24.1 Å². The van der Waals surface area contributed by atoms with Crippen molar-refractivity contribution < 1.29 is 18.7 Å². The largest absolute Gasteiger partial charge is 0.493 e. The van der Waals surface area contributed by atoms with Crippen LogP contribution < -0.4 is 14.8 Å². The number of methoxy groups -OCH3 is 2. The van der Waals surface area contributed by atoms with Crippen LogP contribution in [-0.2, 0) is 11.2 Å². The number of halogens is 1. The Morgan fingerprint density at radius 3 is 2.78 bits per heavy atom. The molecule has 1 aliphatic rings. The van der Waals surface area contributed by atoms with Crippen molar-refractivity contribution in [3.8, 4) is 22.9 Å². The van der Waals surface area contributed by atoms with Crippen LogP contribution in [0.1, 0.15) is 5.89 Å². The normalized spacial score (nSPS) is 17.4. The Morgan fingerprint density at radius 1 is 1.26 bits per heavy atom. The molecule has 1 N–H and O–H groups in total. The predicted octanol–water partition coefficient (Wildman–Crippen LogP) is 1.71. The van der Waals surface area contributed by atoms with E-state index in [1.807, 2.05) is 18.2 Å². The third-order valence-electron chi connectivity index (χ3n) is 3.52. The third-order valence-corrected chi connectivity index (χ3v) is 3.52. The van der Waals surface area contributed by atoms with Gasteiger partial charge in [-0.05, 0) is 18.2 Å². The monoisotopic (exact) mass is 341 g/mol. The van der Waals surface area contributed by atoms with Gasteiger partial charge in [0.2, 0.25) is 11.7 Å². The highest BCUT2D eigenvalue weighted by Crippen LogP contribution is 2.31. The maximum Gasteiger partial charge on any atom is 0.229 e. The van der Waals surface area contributed by atoms with Gasteiger partial charge in [0.15, 0.2) is 11.5 Å². The van der Waals surface area contributed by atoms with Crippen LogP contribution in [0.5, 0.6) is 11.5 Å². The van der Waals surface area contributed by atoms with Gasteiger partial charge >= 0.3 is 0 Å². The fraction of sp³-hybridized carbons (Fsp3) is 0.467. The lowest BCUT2D eigenvalue weighted by molar-refractivity contribution is 0.0246. The Balaban J connectivity index is 0.00000192. The van der Waals surface area contributed by atoms with Gasteiger partial charge in [-0.25, -0.2) is 0 Å². The Kier molecular flexibility index (Phi) is 6.20. The summed E-state index contributed by atoms with van der Waals surface area (Å²) in [5, 5.41) is 7.30. The van der Waals surface area contributed by atoms with Crippen LogP contribution in [0.15, 0.2) is 22.7 Å². The van der Waals surface area contributed by atoms with Crippen molar-refractivity contribution in [2.24, 2.45) is 0 Å². The quantitative estimate of drug-likeness (QED) is 0.886. The molecule has 1 fully saturated rings. The molecule has 1 unspecified atom stereocenters. The molecule has 126 valence electrons. The van der Waals surface area contributed by atoms with E-state index in [2.05, 4.69) is 15.5 Å². The van der Waals surface area contributed by atoms with Gasteiger partial charge in [-0.15, -0.1) is 12.4 Å². The molecule has 0 amide bonds. The Hall–Kier alpha value is -1.83. The number of morpholine rings is 1. The molecule has 7 nitrogen and oxygen atoms in total. The van der Waals surface area contributed by atoms with Crippen molar-refractivity contribution in [1.29, 1.82) is 0 Å². The number of hydrogen-bond donors (Lipinski definition) is 1. The summed E-state index contributed by atoms with van der Waals surface area (Å²) in [6.07, 6.45) is 0.681. The second-order valence-corrected chi connectivity index (χ2v) is 4.98. The van der Waals surface area contributed by atoms with E-state index in [1.165, 1.54) is 0 Å². The number of hydrogen-bond acceptors (Lipinski definition) is 7. The highest BCUT2D eigenvalue weighted by Gasteiger charge is 2.18. The Labute approximate surface area is 140 Å². The highest BCUT2D eigenvalue weighted by atomic mass is 35.5. The number of benzene rings is 1. The first-order chi connectivity index (χ1) is 10.8. The molecule has 1 saturated heterocycles. The first kappa shape index (κ1) is 17.5. The second kappa shape index (κ2) is 8.14. The van der Waals surface area contributed by atoms with E-state index in [-0.39, 0.29) is 18.5 Å². The Bertz CT molecular complexity index is 629. The van der Waals surface area contributed by atoms with Gasteiger partial charge in [-0.2, -0.15) is 4.98 Å². The van der Waals surface area contributed by atoms with E-state index >= 15 is 0 Å². The number of rotatable bonds is 5. The van der Waals surface area contributed by atoms with Gasteiger partial charge in [0.05, 0.1) is 33.4 Å². The SMILES string of the molecule is COc1ccc(-c2noc(CC3CNCCO3)n2)cc1OC.Cl. The number of nitrogens with zero attached hydrogens (tertiary/aromatic N) is 2. The van der Waals surface area contributed by atoms with Gasteiger partial charge in [-0.3, -0.25) is 0 Å². The molecule has 3 rings (SSSR count). The number of aromatic nitrogens is 2. The summed E-state index contributed by atoms with van der Waals surface area (Å²) in [7, 11) is 3.19. The molecular formula is C15H20ClN3O4. The van der Waals surface area contributed by atoms with Crippen LogP contribution >= 0.6 is 12.4 Å². The fourth-order valence-corrected chi connectivity index (χ4v) is 2.38. The zero-order valence-corrected chi connectivity index (χ0v) is 13.9. The molecule has 1 atom stereocenters. The molecule has 1 aliphatic heterocycles. The number of nitrogens with one attached hydrogen (secondary N) is 1. The lowest BCUT2D eigenvalue weighted by atomic mass is 10.2. The standard InChI is InChI=1S/C15H19N3O4.ClH/c1-19-12-4-3-10(7-13(12)20-2)15-17-14(22-18-15)8-11-9-16-5-6-21-11;/h3-4,7,11,16H,5-6,8-9H2,1-2H3;1H. The van der Waals surface area contributed by atoms with E-state index < -0.39 is 0 Å². The fourth-order valence-electron chi connectivity index (χ4n) is 2.38. The topological polar surface area (TPSA) is 78.6 Å². The molecule has 1 aromatic heterocycles. The summed E-state index contributed by atoms with van der Waals surface area (Å²) in [5.41, 5.74) is 0.815. The lowest BCUT2D eigenvalue weighted by Gasteiger charge is -2.21. The average Bonchev–Trinajstić information content (AvgIpc) is 3.03. The van der Waals surface area contributed by atoms with E-state index in [4.69, 9.17) is 18.7 Å². The van der Waals surface area contributed by atoms with E-state index in [1.54, 1.807) is 14.2 Å². The van der Waals surface area contributed by atoms with Crippen LogP contribution in [0, 0.1) is 0 Å². The van der Waals surface area contributed by atoms with E-state index in [0.717, 1.165) is 18.7 Å². The number of ether oxygens (including phenoxy) is 3. The lowest BCUT2D eigenvalue weighted by Crippen LogP contribution is -2.39. The smallest absolute Gasteiger partial charge is 0.229 e. The predicted molar refractivity (Wildman–Crippen MR) is 86.4 cm³/mol. The minimum Gasteiger partial charge on any atom is -0.493 e. The molecule has 0 saturated carbocycles. The average molecular weight is 342 g/mol. The van der Waals surface area contributed by atoms with Crippen molar-refractivity contribution in [3.63, 3.8) is 0 Å². The van der Waals surface area contributed by atoms with Gasteiger partial charge in [-0.1, -0.05) is 5.16 Å². The van der Waals surface area contributed by atoms with Gasteiger partial charge < -0.3 is 24.1 Å². The molecule has 2 heterocycles. The zero-order valence-electron chi connectivity index (χ0n) is 13.1. The first-order valence-corrected chi connectivity index (χ1v) is 7.17. The zero-order chi connectivity index (χ0) is 15.4. The van der Waals surface area contributed by atoms with Crippen LogP contribution in [0.3, 0.4) is 0 Å². The van der Waals surface area contributed by atoms with Gasteiger partial charge in [0.1, 0.15) is 0 Å². The molecule has 23 heavy (non-hydrogen) atoms. The molecule has 0 radical (unpaired) electrons. The Morgan fingerprint density at radius 2 is 2.09 bits per heavy atom. The molecule has 0 aliphatic carbocycles. The van der Waals surface area contributed by atoms with Crippen molar-refractivity contribution >= 4 is 12.4 Å². The van der Waals surface area contributed by atoms with Gasteiger partial charge in [0.25, 0.3) is 0 Å². The van der Waals surface area contributed by atoms with E-state index in [0.29, 0.717) is 36.2 Å². The third kappa shape index (κ3) is 4.13. The van der Waals surface area contributed by atoms with Crippen LogP contribution in [0.4, 0.5) is 0 Å². The molecule has 0 bridgehead atoms. The minimum absolute atomic E-state index is 0. The summed E-state index contributed by atoms with van der Waals surface area (Å²) in [4.78, 5) is 4.42. The summed E-state index contributed by atoms with van der Waals surface area (Å²) < 4.78 is 21.5. The highest BCUT2D eigenvalue weighted by molar-refractivity contribution is 5.85. The molecule has 0 spiro atoms. The van der Waals surface area contributed by atoms with Crippen LogP contribution in [0.25, 0.3) is 11.4 Å². The summed E-state index contributed by atoms with van der Waals surface area (Å²) in [6.45, 7) is 2.40. The first-order valence-electron chi connectivity index (χ1n) is 7.17. The van der Waals surface area contributed by atoms with E-state index in [9.17, 15) is 0 Å². The molecular weight excluding hydrogens is 322 g/mol. The maximum absolute atomic E-state index is 5.64. The van der Waals surface area contributed by atoms with Gasteiger partial charge in [0, 0.05) is 18.7 Å². The van der Waals surface area contributed by atoms with Crippen molar-refractivity contribution in [2.45, 2.75) is 12.5 Å². The van der Waals surface area contributed by atoms with Crippen molar-refractivity contribution in [1.82, 2.24) is 15.5 Å². The van der Waals surface area contributed by atoms with Crippen LogP contribution in [0.2, 0.25) is 0 Å².